The quantitative estimate of drug-likeness (QED) is 0.129. The molecule has 4 rings (SSSR count). The summed E-state index contributed by atoms with van der Waals surface area (Å²) in [6.45, 7) is 0. The van der Waals surface area contributed by atoms with E-state index in [0.29, 0.717) is 27.1 Å². The number of hydrogen-bond donors (Lipinski definition) is 0. The number of hydrogen-bond acceptors (Lipinski definition) is 6. The number of ether oxygens (including phenoxy) is 1. The van der Waals surface area contributed by atoms with E-state index >= 15 is 0 Å². The Morgan fingerprint density at radius 2 is 1.84 bits per heavy atom. The van der Waals surface area contributed by atoms with Crippen LogP contribution >= 0.6 is 11.6 Å². The summed E-state index contributed by atoms with van der Waals surface area (Å²) in [5.74, 6) is -0.496. The first-order valence-electron chi connectivity index (χ1n) is 9.36. The van der Waals surface area contributed by atoms with Crippen molar-refractivity contribution in [2.75, 3.05) is 0 Å². The van der Waals surface area contributed by atoms with Crippen molar-refractivity contribution in [2.45, 2.75) is 0 Å². The van der Waals surface area contributed by atoms with Gasteiger partial charge in [0, 0.05) is 29.3 Å². The monoisotopic (exact) mass is 447 g/mol. The van der Waals surface area contributed by atoms with Crippen LogP contribution in [0.25, 0.3) is 28.2 Å². The summed E-state index contributed by atoms with van der Waals surface area (Å²) in [4.78, 5) is 35.3. The van der Waals surface area contributed by atoms with Crippen molar-refractivity contribution in [3.8, 4) is 16.9 Å². The molecule has 0 saturated heterocycles. The van der Waals surface area contributed by atoms with Crippen LogP contribution in [0.4, 0.5) is 5.69 Å². The standard InChI is InChI=1S/C24H14ClNO6/c25-17-7-5-16(6-8-17)21-14-31-22-13-19(9-10-20(22)24(21)28)32-23(27)11-4-15-2-1-3-18(12-15)26(29)30/h1-14H. The van der Waals surface area contributed by atoms with Gasteiger partial charge in [-0.15, -0.1) is 0 Å². The van der Waals surface area contributed by atoms with Gasteiger partial charge in [0.15, 0.2) is 5.43 Å². The number of non-ortho nitro benzene ring substituents is 1. The molecule has 0 radical (unpaired) electrons. The van der Waals surface area contributed by atoms with Gasteiger partial charge in [0.1, 0.15) is 17.6 Å². The Labute approximate surface area is 186 Å². The summed E-state index contributed by atoms with van der Waals surface area (Å²) in [7, 11) is 0. The van der Waals surface area contributed by atoms with Crippen LogP contribution in [0.3, 0.4) is 0 Å². The predicted molar refractivity (Wildman–Crippen MR) is 121 cm³/mol. The van der Waals surface area contributed by atoms with E-state index in [-0.39, 0.29) is 22.4 Å². The van der Waals surface area contributed by atoms with Crippen LogP contribution in [0.1, 0.15) is 5.56 Å². The highest BCUT2D eigenvalue weighted by Crippen LogP contribution is 2.24. The molecule has 1 heterocycles. The highest BCUT2D eigenvalue weighted by Gasteiger charge is 2.11. The van der Waals surface area contributed by atoms with E-state index in [2.05, 4.69) is 0 Å². The fourth-order valence-corrected chi connectivity index (χ4v) is 3.18. The molecular formula is C24H14ClNO6. The Balaban J connectivity index is 1.54. The molecule has 0 fully saturated rings. The van der Waals surface area contributed by atoms with E-state index in [4.69, 9.17) is 20.8 Å². The van der Waals surface area contributed by atoms with Crippen molar-refractivity contribution >= 4 is 40.3 Å². The van der Waals surface area contributed by atoms with E-state index in [0.717, 1.165) is 6.08 Å². The minimum atomic E-state index is -0.684. The molecule has 0 N–H and O–H groups in total. The molecule has 158 valence electrons. The zero-order valence-electron chi connectivity index (χ0n) is 16.4. The minimum Gasteiger partial charge on any atom is -0.463 e. The molecule has 3 aromatic carbocycles. The maximum Gasteiger partial charge on any atom is 0.336 e. The fraction of sp³-hybridized carbons (Fsp3) is 0. The molecule has 0 spiro atoms. The Kier molecular flexibility index (Phi) is 5.83. The van der Waals surface area contributed by atoms with Crippen LogP contribution in [0.2, 0.25) is 5.02 Å². The molecule has 7 nitrogen and oxygen atoms in total. The van der Waals surface area contributed by atoms with Crippen LogP contribution in [-0.2, 0) is 4.79 Å². The Morgan fingerprint density at radius 1 is 1.06 bits per heavy atom. The second-order valence-corrected chi connectivity index (χ2v) is 7.19. The molecule has 0 atom stereocenters. The molecule has 0 amide bonds. The van der Waals surface area contributed by atoms with Gasteiger partial charge in [0.05, 0.1) is 15.9 Å². The normalized spacial score (nSPS) is 11.0. The zero-order valence-corrected chi connectivity index (χ0v) is 17.1. The SMILES string of the molecule is O=C(C=Cc1cccc([N+](=O)[O-])c1)Oc1ccc2c(=O)c(-c3ccc(Cl)cc3)coc2c1. The number of carbonyl (C=O) groups is 1. The van der Waals surface area contributed by atoms with Crippen molar-refractivity contribution in [3.63, 3.8) is 0 Å². The van der Waals surface area contributed by atoms with E-state index in [1.54, 1.807) is 30.3 Å². The minimum absolute atomic E-state index is 0.0805. The highest BCUT2D eigenvalue weighted by molar-refractivity contribution is 6.30. The second kappa shape index (κ2) is 8.87. The van der Waals surface area contributed by atoms with Crippen LogP contribution in [0.5, 0.6) is 5.75 Å². The number of fused-ring (bicyclic) bond motifs is 1. The number of nitrogens with zero attached hydrogens (tertiary/aromatic N) is 1. The molecule has 0 unspecified atom stereocenters. The summed E-state index contributed by atoms with van der Waals surface area (Å²) in [6, 6.07) is 17.1. The summed E-state index contributed by atoms with van der Waals surface area (Å²) in [5.41, 5.74) is 1.50. The maximum atomic E-state index is 12.8. The van der Waals surface area contributed by atoms with E-state index in [1.165, 1.54) is 48.7 Å². The fourth-order valence-electron chi connectivity index (χ4n) is 3.06. The molecule has 0 aliphatic rings. The molecule has 0 saturated carbocycles. The third kappa shape index (κ3) is 4.58. The number of rotatable bonds is 5. The van der Waals surface area contributed by atoms with Gasteiger partial charge < -0.3 is 9.15 Å². The van der Waals surface area contributed by atoms with Crippen molar-refractivity contribution in [1.29, 1.82) is 0 Å². The van der Waals surface area contributed by atoms with Gasteiger partial charge in [-0.2, -0.15) is 0 Å². The van der Waals surface area contributed by atoms with Gasteiger partial charge in [-0.25, -0.2) is 4.79 Å². The number of nitro groups is 1. The summed E-state index contributed by atoms with van der Waals surface area (Å²) in [6.07, 6.45) is 3.92. The van der Waals surface area contributed by atoms with Gasteiger partial charge in [-0.3, -0.25) is 14.9 Å². The zero-order chi connectivity index (χ0) is 22.7. The lowest BCUT2D eigenvalue weighted by Gasteiger charge is -2.05. The van der Waals surface area contributed by atoms with Gasteiger partial charge >= 0.3 is 5.97 Å². The number of halogens is 1. The maximum absolute atomic E-state index is 12.8. The van der Waals surface area contributed by atoms with E-state index in [1.807, 2.05) is 0 Å². The first kappa shape index (κ1) is 21.0. The van der Waals surface area contributed by atoms with Crippen molar-refractivity contribution in [2.24, 2.45) is 0 Å². The largest absolute Gasteiger partial charge is 0.463 e. The van der Waals surface area contributed by atoms with Gasteiger partial charge in [-0.1, -0.05) is 35.9 Å². The third-order valence-corrected chi connectivity index (χ3v) is 4.86. The highest BCUT2D eigenvalue weighted by atomic mass is 35.5. The molecule has 8 heteroatoms. The molecule has 0 aliphatic heterocycles. The van der Waals surface area contributed by atoms with Gasteiger partial charge in [-0.05, 0) is 41.5 Å². The second-order valence-electron chi connectivity index (χ2n) is 6.75. The van der Waals surface area contributed by atoms with E-state index in [9.17, 15) is 19.7 Å². The number of carbonyl (C=O) groups excluding carboxylic acids is 1. The van der Waals surface area contributed by atoms with Gasteiger partial charge in [0.2, 0.25) is 0 Å². The Bertz CT molecular complexity index is 1420. The number of esters is 1. The van der Waals surface area contributed by atoms with Crippen LogP contribution in [0.15, 0.2) is 88.3 Å². The van der Waals surface area contributed by atoms with Crippen LogP contribution < -0.4 is 10.2 Å². The number of benzene rings is 3. The molecular weight excluding hydrogens is 434 g/mol. The summed E-state index contributed by atoms with van der Waals surface area (Å²) >= 11 is 5.89. The van der Waals surface area contributed by atoms with Crippen LogP contribution in [0, 0.1) is 10.1 Å². The average Bonchev–Trinajstić information content (AvgIpc) is 2.79. The molecule has 0 bridgehead atoms. The lowest BCUT2D eigenvalue weighted by molar-refractivity contribution is -0.384. The van der Waals surface area contributed by atoms with E-state index < -0.39 is 10.9 Å². The Hall–Kier alpha value is -4.23. The lowest BCUT2D eigenvalue weighted by atomic mass is 10.1. The smallest absolute Gasteiger partial charge is 0.336 e. The molecule has 1 aromatic heterocycles. The third-order valence-electron chi connectivity index (χ3n) is 4.61. The van der Waals surface area contributed by atoms with Crippen molar-refractivity contribution < 1.29 is 18.9 Å². The topological polar surface area (TPSA) is 99.6 Å². The van der Waals surface area contributed by atoms with Gasteiger partial charge in [0.25, 0.3) is 5.69 Å². The van der Waals surface area contributed by atoms with Crippen molar-refractivity contribution in [3.05, 3.63) is 110 Å². The predicted octanol–water partition coefficient (Wildman–Crippen LogP) is 5.64. The summed E-state index contributed by atoms with van der Waals surface area (Å²) in [5, 5.41) is 11.7. The first-order valence-corrected chi connectivity index (χ1v) is 9.74. The number of nitro benzene ring substituents is 1. The summed E-state index contributed by atoms with van der Waals surface area (Å²) < 4.78 is 10.8. The lowest BCUT2D eigenvalue weighted by Crippen LogP contribution is -2.06. The molecule has 4 aromatic rings. The Morgan fingerprint density at radius 3 is 2.59 bits per heavy atom. The van der Waals surface area contributed by atoms with Crippen LogP contribution in [-0.4, -0.2) is 10.9 Å². The first-order chi connectivity index (χ1) is 15.4. The average molecular weight is 448 g/mol. The molecule has 32 heavy (non-hydrogen) atoms. The molecule has 0 aliphatic carbocycles. The van der Waals surface area contributed by atoms with Crippen molar-refractivity contribution in [1.82, 2.24) is 0 Å².